The number of rotatable bonds is 10. The van der Waals surface area contributed by atoms with Crippen LogP contribution in [0.25, 0.3) is 87.7 Å². The van der Waals surface area contributed by atoms with Crippen LogP contribution in [-0.4, -0.2) is 41.9 Å². The number of hydrogen-bond acceptors (Lipinski definition) is 4. The summed E-state index contributed by atoms with van der Waals surface area (Å²) in [5.74, 6) is 0. The van der Waals surface area contributed by atoms with E-state index in [4.69, 9.17) is 0 Å². The van der Waals surface area contributed by atoms with E-state index in [1.54, 1.807) is 0 Å². The molecule has 0 aliphatic heterocycles. The first-order valence-corrected chi connectivity index (χ1v) is 45.7. The van der Waals surface area contributed by atoms with Gasteiger partial charge in [-0.2, -0.15) is 0 Å². The van der Waals surface area contributed by atoms with Crippen LogP contribution in [0.4, 0.5) is 45.5 Å². The second-order valence-corrected chi connectivity index (χ2v) is 38.7. The van der Waals surface area contributed by atoms with Gasteiger partial charge in [-0.05, 0) is 252 Å². The van der Waals surface area contributed by atoms with Gasteiger partial charge in [-0.1, -0.05) is 336 Å². The zero-order valence-corrected chi connectivity index (χ0v) is 81.1. The van der Waals surface area contributed by atoms with Crippen LogP contribution in [0.5, 0.6) is 0 Å². The Morgan fingerprint density at radius 2 is 0.362 bits per heavy atom. The maximum atomic E-state index is 2.38. The van der Waals surface area contributed by atoms with E-state index in [1.165, 1.54) is 178 Å². The molecule has 0 unspecified atom stereocenters. The first-order valence-electron chi connectivity index (χ1n) is 45.7. The number of hydrogen-bond donors (Lipinski definition) is 0. The van der Waals surface area contributed by atoms with Gasteiger partial charge in [0.2, 0.25) is 0 Å². The first-order chi connectivity index (χ1) is 62.1. The summed E-state index contributed by atoms with van der Waals surface area (Å²) in [6.45, 7) is 35.7. The molecule has 0 atom stereocenters. The van der Waals surface area contributed by atoms with Gasteiger partial charge in [-0.15, -0.1) is 0 Å². The van der Waals surface area contributed by atoms with E-state index in [9.17, 15) is 0 Å². The molecular weight excluding hydrogens is 1580 g/mol. The van der Waals surface area contributed by atoms with E-state index < -0.39 is 0 Å². The van der Waals surface area contributed by atoms with Gasteiger partial charge in [0.15, 0.2) is 0 Å². The molecule has 660 valence electrons. The zero-order chi connectivity index (χ0) is 92.8. The third-order valence-electron chi connectivity index (χ3n) is 25.0. The summed E-state index contributed by atoms with van der Waals surface area (Å²) in [4.78, 5) is 8.81. The highest BCUT2D eigenvalue weighted by Gasteiger charge is 2.22. The van der Waals surface area contributed by atoms with Crippen LogP contribution in [0, 0.1) is 27.7 Å². The van der Waals surface area contributed by atoms with E-state index in [0.29, 0.717) is 0 Å². The van der Waals surface area contributed by atoms with Crippen molar-refractivity contribution in [1.82, 2.24) is 13.7 Å². The fourth-order valence-electron chi connectivity index (χ4n) is 16.5. The monoisotopic (exact) mass is 1710 g/mol. The molecule has 0 N–H and O–H groups in total. The second kappa shape index (κ2) is 41.0. The molecule has 19 rings (SSSR count). The molecular formula is C123H133N7. The van der Waals surface area contributed by atoms with Crippen molar-refractivity contribution < 1.29 is 0 Å². The van der Waals surface area contributed by atoms with Crippen LogP contribution in [0.1, 0.15) is 128 Å². The zero-order valence-electron chi connectivity index (χ0n) is 81.1. The molecule has 0 amide bonds. The van der Waals surface area contributed by atoms with Crippen molar-refractivity contribution in [2.45, 2.75) is 132 Å². The van der Waals surface area contributed by atoms with E-state index in [2.05, 4.69) is 557 Å². The minimum Gasteiger partial charge on any atom is -0.345 e. The van der Waals surface area contributed by atoms with Crippen molar-refractivity contribution in [1.29, 1.82) is 0 Å². The van der Waals surface area contributed by atoms with E-state index in [0.717, 1.165) is 0 Å². The minimum absolute atomic E-state index is 0.179. The molecule has 0 radical (unpaired) electrons. The fourth-order valence-corrected chi connectivity index (χ4v) is 16.5. The van der Waals surface area contributed by atoms with Gasteiger partial charge in [0.1, 0.15) is 0 Å². The van der Waals surface area contributed by atoms with Crippen molar-refractivity contribution in [3.63, 3.8) is 0 Å². The highest BCUT2D eigenvalue weighted by molar-refractivity contribution is 6.10. The third kappa shape index (κ3) is 23.0. The number of fused-ring (bicyclic) bond motifs is 9. The van der Waals surface area contributed by atoms with Crippen molar-refractivity contribution >= 4 is 111 Å². The topological polar surface area (TPSA) is 27.8 Å². The lowest BCUT2D eigenvalue weighted by Gasteiger charge is -2.24. The van der Waals surface area contributed by atoms with E-state index >= 15 is 0 Å². The smallest absolute Gasteiger partial charge is 0.0488 e. The summed E-state index contributed by atoms with van der Waals surface area (Å²) in [5.41, 5.74) is 34.0. The molecule has 0 fully saturated rings. The van der Waals surface area contributed by atoms with Crippen LogP contribution in [0.2, 0.25) is 0 Å². The maximum absolute atomic E-state index is 2.38. The molecule has 3 heterocycles. The summed E-state index contributed by atoms with van der Waals surface area (Å²) in [5, 5.41) is 8.14. The van der Waals surface area contributed by atoms with Gasteiger partial charge < -0.3 is 33.3 Å². The van der Waals surface area contributed by atoms with Gasteiger partial charge in [0, 0.05) is 160 Å². The van der Waals surface area contributed by atoms with Crippen LogP contribution in [0.3, 0.4) is 0 Å². The molecule has 0 saturated heterocycles. The lowest BCUT2D eigenvalue weighted by molar-refractivity contribution is 0.590. The number of para-hydroxylation sites is 4. The predicted molar refractivity (Wildman–Crippen MR) is 570 cm³/mol. The molecule has 7 heteroatoms. The summed E-state index contributed by atoms with van der Waals surface area (Å²) < 4.78 is 6.82. The third-order valence-corrected chi connectivity index (χ3v) is 25.0. The minimum atomic E-state index is 0.179. The molecule has 19 aromatic rings. The van der Waals surface area contributed by atoms with Crippen molar-refractivity contribution in [2.75, 3.05) is 47.8 Å². The quantitative estimate of drug-likeness (QED) is 0.136. The molecule has 0 saturated carbocycles. The van der Waals surface area contributed by atoms with Gasteiger partial charge in [0.05, 0.1) is 0 Å². The van der Waals surface area contributed by atoms with Crippen molar-refractivity contribution in [3.05, 3.63) is 433 Å². The highest BCUT2D eigenvalue weighted by Crippen LogP contribution is 2.39. The molecule has 3 aromatic heterocycles. The maximum Gasteiger partial charge on any atom is 0.0488 e. The van der Waals surface area contributed by atoms with Gasteiger partial charge in [-0.3, -0.25) is 0 Å². The Balaban J connectivity index is 0.000000131. The Labute approximate surface area is 775 Å². The number of anilines is 8. The normalized spacial score (nSPS) is 11.3. The molecule has 0 aliphatic carbocycles. The largest absolute Gasteiger partial charge is 0.345 e. The summed E-state index contributed by atoms with van der Waals surface area (Å²) in [7, 11) is 14.8. The molecule has 130 heavy (non-hydrogen) atoms. The van der Waals surface area contributed by atoms with Gasteiger partial charge in [0.25, 0.3) is 0 Å². The van der Waals surface area contributed by atoms with Gasteiger partial charge in [-0.25, -0.2) is 0 Å². The Bertz CT molecular complexity index is 6470. The average molecular weight is 1710 g/mol. The first kappa shape index (κ1) is 93.8. The number of aryl methyl sites for hydroxylation is 7. The lowest BCUT2D eigenvalue weighted by Crippen LogP contribution is -2.14. The Morgan fingerprint density at radius 1 is 0.169 bits per heavy atom. The Morgan fingerprint density at radius 3 is 0.638 bits per heavy atom. The number of nitrogens with zero attached hydrogens (tertiary/aromatic N) is 7. The molecule has 0 aliphatic rings. The Kier molecular flexibility index (Phi) is 29.6. The fraction of sp³-hybridized carbons (Fsp3) is 0.220. The average Bonchev–Trinajstić information content (AvgIpc) is 1.56. The standard InChI is InChI=1S/C25H21N.C21H27N.C21H29N.C15H15N.C15H17N.C13H11N.C13H13N/c1-26(24-16-12-22(13-17-24)20-8-4-2-5-9-20)25-18-14-23(15-19-25)21-10-6-3-7-11-21;1-20(2,3)14-8-10-18-16(12-14)17-13-15(21(4,5)6)9-11-19(17)22(18)7;1-20(2,3)16-8-12-18(13-9-16)22(7)19-14-10-17(11-15-19)21(4,5)6;1-10-4-6-14-12(8-10)13-9-11(2)5-7-15(13)16(14)3;1-12-4-8-14(9-5-12)16(3)15-10-6-13(2)7-11-15;1-14-12-8-4-2-6-10(12)11-7-3-5-9-13(11)14;1-14(12-8-4-2-5-9-12)13-10-6-3-7-11-13/h2-19H,1H3;8-13H,1-7H3;8-15H,1-7H3;4-9H,1-3H3;4-11H,1-3H3;2-9H,1H3;2-11H,1H3. The second-order valence-electron chi connectivity index (χ2n) is 38.7. The van der Waals surface area contributed by atoms with E-state index in [-0.39, 0.29) is 21.7 Å². The van der Waals surface area contributed by atoms with Gasteiger partial charge >= 0.3 is 0 Å². The van der Waals surface area contributed by atoms with Crippen LogP contribution in [-0.2, 0) is 42.8 Å². The van der Waals surface area contributed by atoms with Crippen molar-refractivity contribution in [2.24, 2.45) is 21.1 Å². The molecule has 0 spiro atoms. The molecule has 7 nitrogen and oxygen atoms in total. The lowest BCUT2D eigenvalue weighted by atomic mass is 9.85. The van der Waals surface area contributed by atoms with Crippen LogP contribution in [0.15, 0.2) is 388 Å². The van der Waals surface area contributed by atoms with E-state index in [1.807, 2.05) is 24.3 Å². The van der Waals surface area contributed by atoms with Crippen LogP contribution >= 0.6 is 0 Å². The number of aromatic nitrogens is 3. The highest BCUT2D eigenvalue weighted by atomic mass is 15.1. The number of benzene rings is 16. The summed E-state index contributed by atoms with van der Waals surface area (Å²) in [6.07, 6.45) is 0. The summed E-state index contributed by atoms with van der Waals surface area (Å²) >= 11 is 0. The predicted octanol–water partition coefficient (Wildman–Crippen LogP) is 33.6. The molecule has 0 bridgehead atoms. The van der Waals surface area contributed by atoms with Crippen LogP contribution < -0.4 is 19.6 Å². The summed E-state index contributed by atoms with van der Waals surface area (Å²) in [6, 6.07) is 138. The Hall–Kier alpha value is -13.9. The van der Waals surface area contributed by atoms with Crippen molar-refractivity contribution in [3.8, 4) is 22.3 Å². The molecule has 16 aromatic carbocycles. The SMILES string of the molecule is CN(c1ccc(-c2ccccc2)cc1)c1ccc(-c2ccccc2)cc1.CN(c1ccc(C(C)(C)C)cc1)c1ccc(C(C)(C)C)cc1.CN(c1ccccc1)c1ccccc1.Cc1ccc(N(C)c2ccc(C)cc2)cc1.Cc1ccc2c(c1)c1cc(C)ccc1n2C.Cn1c2ccc(C(C)(C)C)cc2c2cc(C(C)(C)C)ccc21.Cn1c2ccccc2c2ccccc21.